The molecule has 0 aliphatic carbocycles. The van der Waals surface area contributed by atoms with Crippen LogP contribution < -0.4 is 4.90 Å². The Morgan fingerprint density at radius 2 is 2.13 bits per heavy atom. The number of furan rings is 1. The zero-order valence-electron chi connectivity index (χ0n) is 12.4. The van der Waals surface area contributed by atoms with E-state index >= 15 is 0 Å². The minimum Gasteiger partial charge on any atom is -0.459 e. The molecular formula is C16H14FNO4S. The quantitative estimate of drug-likeness (QED) is 0.826. The number of ether oxygens (including phenoxy) is 2. The number of rotatable bonds is 2. The van der Waals surface area contributed by atoms with Crippen molar-refractivity contribution < 1.29 is 23.1 Å². The number of halogens is 1. The largest absolute Gasteiger partial charge is 0.459 e. The molecule has 4 rings (SSSR count). The van der Waals surface area contributed by atoms with Gasteiger partial charge in [0.1, 0.15) is 6.26 Å². The lowest BCUT2D eigenvalue weighted by Crippen LogP contribution is -2.21. The van der Waals surface area contributed by atoms with E-state index in [4.69, 9.17) is 13.9 Å². The lowest BCUT2D eigenvalue weighted by atomic mass is 10.0. The van der Waals surface area contributed by atoms with Gasteiger partial charge >= 0.3 is 0 Å². The lowest BCUT2D eigenvalue weighted by molar-refractivity contribution is -0.0446. The molecule has 0 atom stereocenters. The Hall–Kier alpha value is -1.83. The van der Waals surface area contributed by atoms with Gasteiger partial charge in [-0.05, 0) is 30.3 Å². The fraction of sp³-hybridized carbons (Fsp3) is 0.312. The van der Waals surface area contributed by atoms with E-state index in [1.165, 1.54) is 11.2 Å². The first kappa shape index (κ1) is 14.7. The molecule has 0 radical (unpaired) electrons. The molecule has 0 unspecified atom stereocenters. The van der Waals surface area contributed by atoms with Crippen LogP contribution in [0, 0.1) is 12.7 Å². The van der Waals surface area contributed by atoms with Gasteiger partial charge in [-0.1, -0.05) is 6.58 Å². The van der Waals surface area contributed by atoms with Crippen molar-refractivity contribution >= 4 is 33.7 Å². The number of hydrogen-bond donors (Lipinski definition) is 0. The van der Waals surface area contributed by atoms with Crippen LogP contribution in [-0.4, -0.2) is 25.0 Å². The summed E-state index contributed by atoms with van der Waals surface area (Å²) >= 11 is 1.08. The van der Waals surface area contributed by atoms with E-state index in [-0.39, 0.29) is 10.8 Å². The number of nitrogens with zero attached hydrogens (tertiary/aromatic N) is 1. The van der Waals surface area contributed by atoms with E-state index in [0.29, 0.717) is 42.0 Å². The highest BCUT2D eigenvalue weighted by Gasteiger charge is 2.31. The molecule has 0 bridgehead atoms. The topological polar surface area (TPSA) is 51.9 Å². The molecule has 1 aromatic heterocycles. The summed E-state index contributed by atoms with van der Waals surface area (Å²) in [5.74, 6) is -0.457. The van der Waals surface area contributed by atoms with Crippen LogP contribution in [0.3, 0.4) is 0 Å². The standard InChI is InChI=1S/C16H14FNO4S/c1-8-6-18(16(19)23-8)12-7-22-14-11(12)5-10(9(2)13(14)17)15-20-3-4-21-15/h5,7,15H,1,3-4,6H2,2H3. The molecule has 1 aromatic carbocycles. The molecule has 2 fully saturated rings. The molecule has 120 valence electrons. The fourth-order valence-electron chi connectivity index (χ4n) is 2.86. The van der Waals surface area contributed by atoms with Gasteiger partial charge < -0.3 is 13.9 Å². The molecule has 3 heterocycles. The summed E-state index contributed by atoms with van der Waals surface area (Å²) in [6.45, 7) is 6.81. The van der Waals surface area contributed by atoms with Crippen LogP contribution in [0.15, 0.2) is 28.2 Å². The second-order valence-electron chi connectivity index (χ2n) is 5.47. The van der Waals surface area contributed by atoms with Gasteiger partial charge in [0, 0.05) is 15.9 Å². The van der Waals surface area contributed by atoms with Crippen LogP contribution in [0.4, 0.5) is 14.9 Å². The van der Waals surface area contributed by atoms with Crippen molar-refractivity contribution in [2.45, 2.75) is 13.2 Å². The molecule has 2 aromatic rings. The zero-order valence-corrected chi connectivity index (χ0v) is 13.2. The average molecular weight is 335 g/mol. The molecule has 0 N–H and O–H groups in total. The molecule has 2 aliphatic rings. The molecular weight excluding hydrogens is 321 g/mol. The molecule has 5 nitrogen and oxygen atoms in total. The SMILES string of the molecule is C=C1CN(c2coc3c(F)c(C)c(C4OCCO4)cc23)C(=O)S1. The zero-order chi connectivity index (χ0) is 16.1. The molecule has 0 spiro atoms. The first-order valence-electron chi connectivity index (χ1n) is 7.17. The normalized spacial score (nSPS) is 19.5. The summed E-state index contributed by atoms with van der Waals surface area (Å²) < 4.78 is 31.0. The predicted octanol–water partition coefficient (Wildman–Crippen LogP) is 4.11. The predicted molar refractivity (Wildman–Crippen MR) is 85.0 cm³/mol. The van der Waals surface area contributed by atoms with Crippen molar-refractivity contribution in [2.24, 2.45) is 0 Å². The van der Waals surface area contributed by atoms with Crippen molar-refractivity contribution in [3.05, 3.63) is 40.8 Å². The molecule has 23 heavy (non-hydrogen) atoms. The maximum absolute atomic E-state index is 14.7. The van der Waals surface area contributed by atoms with Gasteiger partial charge in [0.05, 0.1) is 25.4 Å². The number of fused-ring (bicyclic) bond motifs is 1. The van der Waals surface area contributed by atoms with Crippen LogP contribution in [0.2, 0.25) is 0 Å². The Kier molecular flexibility index (Phi) is 3.44. The van der Waals surface area contributed by atoms with E-state index in [2.05, 4.69) is 6.58 Å². The smallest absolute Gasteiger partial charge is 0.291 e. The second-order valence-corrected chi connectivity index (χ2v) is 6.60. The lowest BCUT2D eigenvalue weighted by Gasteiger charge is -2.15. The number of anilines is 1. The van der Waals surface area contributed by atoms with Crippen molar-refractivity contribution in [3.63, 3.8) is 0 Å². The summed E-state index contributed by atoms with van der Waals surface area (Å²) in [7, 11) is 0. The highest BCUT2D eigenvalue weighted by Crippen LogP contribution is 2.41. The third-order valence-electron chi connectivity index (χ3n) is 4.02. The van der Waals surface area contributed by atoms with Gasteiger partial charge in [-0.2, -0.15) is 0 Å². The Labute approximate surface area is 136 Å². The molecule has 2 aliphatic heterocycles. The van der Waals surface area contributed by atoms with E-state index < -0.39 is 12.1 Å². The molecule has 0 saturated carbocycles. The van der Waals surface area contributed by atoms with Gasteiger partial charge in [-0.3, -0.25) is 9.69 Å². The van der Waals surface area contributed by atoms with E-state index in [1.54, 1.807) is 13.0 Å². The Balaban J connectivity index is 1.87. The van der Waals surface area contributed by atoms with Crippen LogP contribution in [0.1, 0.15) is 17.4 Å². The van der Waals surface area contributed by atoms with Crippen molar-refractivity contribution in [3.8, 4) is 0 Å². The monoisotopic (exact) mass is 335 g/mol. The number of hydrogen-bond acceptors (Lipinski definition) is 5. The van der Waals surface area contributed by atoms with Crippen LogP contribution in [0.25, 0.3) is 11.0 Å². The van der Waals surface area contributed by atoms with Gasteiger partial charge in [0.2, 0.25) is 0 Å². The van der Waals surface area contributed by atoms with Crippen molar-refractivity contribution in [1.82, 2.24) is 0 Å². The van der Waals surface area contributed by atoms with Crippen LogP contribution in [-0.2, 0) is 9.47 Å². The summed E-state index contributed by atoms with van der Waals surface area (Å²) in [4.78, 5) is 14.3. The Morgan fingerprint density at radius 3 is 2.78 bits per heavy atom. The number of benzene rings is 1. The van der Waals surface area contributed by atoms with Crippen LogP contribution in [0.5, 0.6) is 0 Å². The van der Waals surface area contributed by atoms with E-state index in [1.807, 2.05) is 0 Å². The average Bonchev–Trinajstić information content (AvgIpc) is 3.22. The third-order valence-corrected chi connectivity index (χ3v) is 4.84. The maximum atomic E-state index is 14.7. The first-order chi connectivity index (χ1) is 11.1. The second kappa shape index (κ2) is 5.36. The molecule has 7 heteroatoms. The van der Waals surface area contributed by atoms with Crippen LogP contribution >= 0.6 is 11.8 Å². The first-order valence-corrected chi connectivity index (χ1v) is 7.98. The van der Waals surface area contributed by atoms with Crippen molar-refractivity contribution in [1.29, 1.82) is 0 Å². The van der Waals surface area contributed by atoms with Gasteiger partial charge in [0.15, 0.2) is 17.7 Å². The minimum atomic E-state index is -0.588. The number of amides is 1. The van der Waals surface area contributed by atoms with E-state index in [0.717, 1.165) is 16.7 Å². The number of thioether (sulfide) groups is 1. The summed E-state index contributed by atoms with van der Waals surface area (Å²) in [6, 6.07) is 1.78. The third kappa shape index (κ3) is 2.27. The summed E-state index contributed by atoms with van der Waals surface area (Å²) in [6.07, 6.45) is 0.819. The highest BCUT2D eigenvalue weighted by molar-refractivity contribution is 8.17. The minimum absolute atomic E-state index is 0.134. The van der Waals surface area contributed by atoms with Gasteiger partial charge in [-0.15, -0.1) is 0 Å². The summed E-state index contributed by atoms with van der Waals surface area (Å²) in [5, 5.41) is 0.388. The fourth-order valence-corrected chi connectivity index (χ4v) is 3.57. The Bertz CT molecular complexity index is 825. The number of carbonyl (C=O) groups excluding carboxylic acids is 1. The number of carbonyl (C=O) groups is 1. The Morgan fingerprint density at radius 1 is 1.39 bits per heavy atom. The molecule has 1 amide bonds. The van der Waals surface area contributed by atoms with Gasteiger partial charge in [0.25, 0.3) is 5.24 Å². The van der Waals surface area contributed by atoms with Crippen molar-refractivity contribution in [2.75, 3.05) is 24.7 Å². The van der Waals surface area contributed by atoms with Gasteiger partial charge in [-0.25, -0.2) is 4.39 Å². The highest BCUT2D eigenvalue weighted by atomic mass is 32.2. The van der Waals surface area contributed by atoms with E-state index in [9.17, 15) is 9.18 Å². The summed E-state index contributed by atoms with van der Waals surface area (Å²) in [5.41, 5.74) is 1.72. The molecule has 2 saturated heterocycles. The maximum Gasteiger partial charge on any atom is 0.291 e.